The van der Waals surface area contributed by atoms with Crippen molar-refractivity contribution in [1.29, 1.82) is 0 Å². The molecule has 3 aromatic carbocycles. The molecule has 0 aliphatic heterocycles. The van der Waals surface area contributed by atoms with Crippen molar-refractivity contribution in [2.45, 2.75) is 32.2 Å². The minimum absolute atomic E-state index is 0.104. The normalized spacial score (nSPS) is 11.7. The molecule has 0 bridgehead atoms. The van der Waals surface area contributed by atoms with Gasteiger partial charge in [0.15, 0.2) is 0 Å². The Morgan fingerprint density at radius 3 is 2.20 bits per heavy atom. The molecule has 5 heteroatoms. The van der Waals surface area contributed by atoms with Crippen LogP contribution in [0.4, 0.5) is 5.69 Å². The number of rotatable bonds is 7. The van der Waals surface area contributed by atoms with Crippen molar-refractivity contribution in [3.05, 3.63) is 101 Å². The lowest BCUT2D eigenvalue weighted by Gasteiger charge is -2.20. The molecule has 3 rings (SSSR count). The summed E-state index contributed by atoms with van der Waals surface area (Å²) in [6.07, 6.45) is 0.104. The summed E-state index contributed by atoms with van der Waals surface area (Å²) < 4.78 is 0. The third-order valence-corrected chi connectivity index (χ3v) is 5.20. The van der Waals surface area contributed by atoms with Gasteiger partial charge in [-0.2, -0.15) is 0 Å². The van der Waals surface area contributed by atoms with Crippen molar-refractivity contribution in [2.75, 3.05) is 5.32 Å². The van der Waals surface area contributed by atoms with E-state index in [-0.39, 0.29) is 24.2 Å². The van der Waals surface area contributed by atoms with Crippen LogP contribution in [0.2, 0.25) is 5.02 Å². The summed E-state index contributed by atoms with van der Waals surface area (Å²) >= 11 is 6.17. The molecule has 1 unspecified atom stereocenters. The second-order valence-corrected chi connectivity index (χ2v) is 7.82. The number of carbonyl (C=O) groups is 2. The summed E-state index contributed by atoms with van der Waals surface area (Å²) in [6.45, 7) is 4.17. The molecule has 0 aromatic heterocycles. The highest BCUT2D eigenvalue weighted by Crippen LogP contribution is 2.25. The van der Waals surface area contributed by atoms with Crippen molar-refractivity contribution in [2.24, 2.45) is 0 Å². The van der Waals surface area contributed by atoms with Gasteiger partial charge in [0, 0.05) is 5.69 Å². The van der Waals surface area contributed by atoms with Gasteiger partial charge in [-0.1, -0.05) is 86.1 Å². The number of nitrogens with one attached hydrogen (secondary N) is 2. The molecule has 0 spiro atoms. The molecule has 0 heterocycles. The Kier molecular flexibility index (Phi) is 7.26. The van der Waals surface area contributed by atoms with E-state index in [0.29, 0.717) is 10.6 Å². The highest BCUT2D eigenvalue weighted by atomic mass is 35.5. The molecule has 2 amide bonds. The van der Waals surface area contributed by atoms with E-state index in [0.717, 1.165) is 16.8 Å². The van der Waals surface area contributed by atoms with E-state index in [4.69, 9.17) is 11.6 Å². The van der Waals surface area contributed by atoms with Crippen LogP contribution in [0.15, 0.2) is 78.9 Å². The number of amides is 2. The maximum Gasteiger partial charge on any atom is 0.253 e. The van der Waals surface area contributed by atoms with Gasteiger partial charge in [-0.15, -0.1) is 0 Å². The summed E-state index contributed by atoms with van der Waals surface area (Å²) in [5.41, 5.74) is 3.10. The monoisotopic (exact) mass is 420 g/mol. The predicted molar refractivity (Wildman–Crippen MR) is 122 cm³/mol. The minimum atomic E-state index is -0.485. The summed E-state index contributed by atoms with van der Waals surface area (Å²) in [5.74, 6) is -0.201. The molecule has 30 heavy (non-hydrogen) atoms. The van der Waals surface area contributed by atoms with Crippen molar-refractivity contribution in [3.8, 4) is 0 Å². The zero-order valence-corrected chi connectivity index (χ0v) is 17.8. The number of benzene rings is 3. The van der Waals surface area contributed by atoms with Crippen LogP contribution in [0, 0.1) is 0 Å². The van der Waals surface area contributed by atoms with Crippen molar-refractivity contribution < 1.29 is 9.59 Å². The first-order valence-electron chi connectivity index (χ1n) is 9.95. The SMILES string of the molecule is CC(C)c1ccccc1NC(=O)CC(NC(=O)c1ccccc1Cl)c1ccccc1. The van der Waals surface area contributed by atoms with Gasteiger partial charge in [-0.05, 0) is 35.2 Å². The first kappa shape index (κ1) is 21.6. The predicted octanol–water partition coefficient (Wildman–Crippen LogP) is 5.96. The number of halogens is 1. The zero-order chi connectivity index (χ0) is 21.5. The summed E-state index contributed by atoms with van der Waals surface area (Å²) in [5, 5.41) is 6.33. The average Bonchev–Trinajstić information content (AvgIpc) is 2.74. The molecular formula is C25H25ClN2O2. The number of hydrogen-bond donors (Lipinski definition) is 2. The highest BCUT2D eigenvalue weighted by Gasteiger charge is 2.21. The molecule has 2 N–H and O–H groups in total. The Balaban J connectivity index is 1.79. The second-order valence-electron chi connectivity index (χ2n) is 7.41. The summed E-state index contributed by atoms with van der Waals surface area (Å²) in [6, 6.07) is 23.6. The van der Waals surface area contributed by atoms with E-state index >= 15 is 0 Å². The Morgan fingerprint density at radius 1 is 0.867 bits per heavy atom. The third-order valence-electron chi connectivity index (χ3n) is 4.87. The smallest absolute Gasteiger partial charge is 0.253 e. The molecule has 1 atom stereocenters. The van der Waals surface area contributed by atoms with Gasteiger partial charge in [-0.3, -0.25) is 9.59 Å². The van der Waals surface area contributed by atoms with E-state index in [2.05, 4.69) is 24.5 Å². The van der Waals surface area contributed by atoms with Crippen LogP contribution < -0.4 is 10.6 Å². The minimum Gasteiger partial charge on any atom is -0.345 e. The largest absolute Gasteiger partial charge is 0.345 e. The first-order valence-corrected chi connectivity index (χ1v) is 10.3. The Labute approximate surface area is 182 Å². The van der Waals surface area contributed by atoms with Crippen LogP contribution in [-0.4, -0.2) is 11.8 Å². The maximum atomic E-state index is 12.9. The molecule has 154 valence electrons. The van der Waals surface area contributed by atoms with E-state index in [9.17, 15) is 9.59 Å². The average molecular weight is 421 g/mol. The van der Waals surface area contributed by atoms with Crippen LogP contribution in [0.3, 0.4) is 0 Å². The molecule has 0 saturated carbocycles. The van der Waals surface area contributed by atoms with Crippen LogP contribution in [0.5, 0.6) is 0 Å². The Bertz CT molecular complexity index is 1020. The van der Waals surface area contributed by atoms with E-state index in [1.54, 1.807) is 24.3 Å². The lowest BCUT2D eigenvalue weighted by Crippen LogP contribution is -2.31. The second kappa shape index (κ2) is 10.1. The molecule has 0 aliphatic carbocycles. The summed E-state index contributed by atoms with van der Waals surface area (Å²) in [4.78, 5) is 25.7. The quantitative estimate of drug-likeness (QED) is 0.495. The molecule has 4 nitrogen and oxygen atoms in total. The molecule has 0 aliphatic rings. The fourth-order valence-electron chi connectivity index (χ4n) is 3.32. The van der Waals surface area contributed by atoms with Crippen molar-refractivity contribution in [1.82, 2.24) is 5.32 Å². The Morgan fingerprint density at radius 2 is 1.50 bits per heavy atom. The van der Waals surface area contributed by atoms with Gasteiger partial charge in [-0.25, -0.2) is 0 Å². The van der Waals surface area contributed by atoms with Gasteiger partial charge in [0.2, 0.25) is 5.91 Å². The fraction of sp³-hybridized carbons (Fsp3) is 0.200. The van der Waals surface area contributed by atoms with Crippen LogP contribution in [0.25, 0.3) is 0 Å². The third kappa shape index (κ3) is 5.49. The lowest BCUT2D eigenvalue weighted by molar-refractivity contribution is -0.116. The number of hydrogen-bond acceptors (Lipinski definition) is 2. The topological polar surface area (TPSA) is 58.2 Å². The first-order chi connectivity index (χ1) is 14.5. The number of para-hydroxylation sites is 1. The zero-order valence-electron chi connectivity index (χ0n) is 17.1. The highest BCUT2D eigenvalue weighted by molar-refractivity contribution is 6.33. The van der Waals surface area contributed by atoms with E-state index in [1.165, 1.54) is 0 Å². The maximum absolute atomic E-state index is 12.9. The van der Waals surface area contributed by atoms with Gasteiger partial charge in [0.05, 0.1) is 23.0 Å². The molecular weight excluding hydrogens is 396 g/mol. The van der Waals surface area contributed by atoms with Gasteiger partial charge >= 0.3 is 0 Å². The van der Waals surface area contributed by atoms with Crippen molar-refractivity contribution in [3.63, 3.8) is 0 Å². The number of carbonyl (C=O) groups excluding carboxylic acids is 2. The van der Waals surface area contributed by atoms with E-state index in [1.807, 2.05) is 54.6 Å². The van der Waals surface area contributed by atoms with Gasteiger partial charge < -0.3 is 10.6 Å². The molecule has 0 radical (unpaired) electrons. The fourth-order valence-corrected chi connectivity index (χ4v) is 3.54. The van der Waals surface area contributed by atoms with Gasteiger partial charge in [0.1, 0.15) is 0 Å². The lowest BCUT2D eigenvalue weighted by atomic mass is 10.00. The van der Waals surface area contributed by atoms with Crippen LogP contribution >= 0.6 is 11.6 Å². The molecule has 3 aromatic rings. The van der Waals surface area contributed by atoms with E-state index < -0.39 is 6.04 Å². The van der Waals surface area contributed by atoms with Crippen molar-refractivity contribution >= 4 is 29.1 Å². The van der Waals surface area contributed by atoms with Gasteiger partial charge in [0.25, 0.3) is 5.91 Å². The van der Waals surface area contributed by atoms with Crippen LogP contribution in [-0.2, 0) is 4.79 Å². The molecule has 0 fully saturated rings. The molecule has 0 saturated heterocycles. The standard InChI is InChI=1S/C25H25ClN2O2/c1-17(2)19-12-7-9-15-22(19)27-24(29)16-23(18-10-4-3-5-11-18)28-25(30)20-13-6-8-14-21(20)26/h3-15,17,23H,16H2,1-2H3,(H,27,29)(H,28,30). The summed E-state index contributed by atoms with van der Waals surface area (Å²) in [7, 11) is 0. The number of anilines is 1. The Hall–Kier alpha value is -3.11. The van der Waals surface area contributed by atoms with Crippen LogP contribution in [0.1, 0.15) is 53.7 Å².